The Hall–Kier alpha value is -3.04. The van der Waals surface area contributed by atoms with Gasteiger partial charge in [0.1, 0.15) is 24.4 Å². The zero-order chi connectivity index (χ0) is 48.2. The van der Waals surface area contributed by atoms with E-state index in [1.165, 1.54) is 12.0 Å². The molecule has 0 aromatic rings. The highest BCUT2D eigenvalue weighted by Gasteiger charge is 2.53. The molecule has 0 radical (unpaired) electrons. The van der Waals surface area contributed by atoms with Gasteiger partial charge in [0.05, 0.1) is 24.4 Å². The number of cyclic esters (lactones) is 1. The van der Waals surface area contributed by atoms with E-state index in [0.717, 1.165) is 12.0 Å². The van der Waals surface area contributed by atoms with Crippen LogP contribution >= 0.6 is 0 Å². The van der Waals surface area contributed by atoms with Gasteiger partial charge in [-0.25, -0.2) is 4.79 Å². The van der Waals surface area contributed by atoms with Crippen molar-refractivity contribution in [3.05, 3.63) is 47.6 Å². The second-order valence-electron chi connectivity index (χ2n) is 20.2. The Balaban J connectivity index is 1.70. The van der Waals surface area contributed by atoms with Crippen LogP contribution in [-0.2, 0) is 42.9 Å². The van der Waals surface area contributed by atoms with Gasteiger partial charge in [0, 0.05) is 46.1 Å². The van der Waals surface area contributed by atoms with Gasteiger partial charge in [-0.15, -0.1) is 0 Å². The Morgan fingerprint density at radius 3 is 2.23 bits per heavy atom. The van der Waals surface area contributed by atoms with Crippen LogP contribution in [0.25, 0.3) is 0 Å². The van der Waals surface area contributed by atoms with E-state index in [-0.39, 0.29) is 53.9 Å². The van der Waals surface area contributed by atoms with Crippen molar-refractivity contribution in [3.8, 4) is 0 Å². The van der Waals surface area contributed by atoms with E-state index in [1.807, 2.05) is 64.2 Å². The summed E-state index contributed by atoms with van der Waals surface area (Å²) in [6.07, 6.45) is 13.8. The van der Waals surface area contributed by atoms with Crippen LogP contribution in [0.1, 0.15) is 132 Å². The van der Waals surface area contributed by atoms with E-state index < -0.39 is 72.0 Å². The van der Waals surface area contributed by atoms with Gasteiger partial charge in [-0.2, -0.15) is 0 Å². The number of ether oxygens (including phenoxy) is 5. The van der Waals surface area contributed by atoms with Crippen LogP contribution in [0.5, 0.6) is 0 Å². The fraction of sp³-hybridized carbons (Fsp3) is 0.769. The number of rotatable bonds is 6. The summed E-state index contributed by atoms with van der Waals surface area (Å²) >= 11 is 0. The summed E-state index contributed by atoms with van der Waals surface area (Å²) in [5.74, 6) is -6.22. The molecule has 368 valence electrons. The van der Waals surface area contributed by atoms with Crippen LogP contribution in [-0.4, -0.2) is 126 Å². The summed E-state index contributed by atoms with van der Waals surface area (Å²) in [7, 11) is 4.65. The summed E-state index contributed by atoms with van der Waals surface area (Å²) in [5, 5.41) is 34.0. The summed E-state index contributed by atoms with van der Waals surface area (Å²) in [6, 6.07) is -1.03. The van der Waals surface area contributed by atoms with Crippen LogP contribution in [0.2, 0.25) is 0 Å². The van der Waals surface area contributed by atoms with Gasteiger partial charge in [-0.1, -0.05) is 78.0 Å². The highest BCUT2D eigenvalue weighted by Crippen LogP contribution is 2.38. The number of aliphatic hydroxyl groups is 3. The molecule has 2 bridgehead atoms. The molecule has 0 spiro atoms. The average Bonchev–Trinajstić information content (AvgIpc) is 3.28. The Labute approximate surface area is 389 Å². The van der Waals surface area contributed by atoms with Crippen LogP contribution < -0.4 is 0 Å². The van der Waals surface area contributed by atoms with Crippen LogP contribution in [0.15, 0.2) is 47.6 Å². The first-order valence-corrected chi connectivity index (χ1v) is 24.4. The molecule has 1 saturated carbocycles. The number of Topliss-reactive ketones (excluding diaryl/α,β-unsaturated/α-hetero) is 2. The van der Waals surface area contributed by atoms with Crippen LogP contribution in [0.3, 0.4) is 0 Å². The molecule has 3 N–H and O–H groups in total. The lowest BCUT2D eigenvalue weighted by molar-refractivity contribution is -0.265. The highest BCUT2D eigenvalue weighted by atomic mass is 16.6. The van der Waals surface area contributed by atoms with E-state index >= 15 is 0 Å². The number of fused-ring (bicyclic) bond motifs is 3. The molecule has 4 aliphatic rings. The second-order valence-corrected chi connectivity index (χ2v) is 20.2. The van der Waals surface area contributed by atoms with Gasteiger partial charge < -0.3 is 43.9 Å². The molecule has 3 unspecified atom stereocenters. The fourth-order valence-electron chi connectivity index (χ4n) is 10.4. The lowest BCUT2D eigenvalue weighted by atomic mass is 9.77. The number of piperidine rings is 1. The third kappa shape index (κ3) is 14.5. The minimum atomic E-state index is -2.38. The van der Waals surface area contributed by atoms with Crippen molar-refractivity contribution in [2.45, 2.75) is 187 Å². The summed E-state index contributed by atoms with van der Waals surface area (Å²) in [6.45, 7) is 15.7. The summed E-state index contributed by atoms with van der Waals surface area (Å²) in [5.41, 5.74) is 1.51. The monoisotopic (exact) mass is 914 g/mol. The first-order valence-electron chi connectivity index (χ1n) is 24.4. The maximum Gasteiger partial charge on any atom is 0.329 e. The number of ketones is 2. The third-order valence-corrected chi connectivity index (χ3v) is 15.1. The molecule has 3 fully saturated rings. The minimum Gasteiger partial charge on any atom is -0.461 e. The number of carbonyl (C=O) groups is 4. The minimum absolute atomic E-state index is 0.0554. The van der Waals surface area contributed by atoms with Crippen molar-refractivity contribution in [3.63, 3.8) is 0 Å². The smallest absolute Gasteiger partial charge is 0.329 e. The molecular weight excluding hydrogens is 831 g/mol. The summed E-state index contributed by atoms with van der Waals surface area (Å²) in [4.78, 5) is 58.0. The number of methoxy groups -OCH3 is 3. The van der Waals surface area contributed by atoms with Gasteiger partial charge >= 0.3 is 5.97 Å². The number of carbonyl (C=O) groups excluding carboxylic acids is 4. The van der Waals surface area contributed by atoms with Gasteiger partial charge in [-0.3, -0.25) is 14.4 Å². The van der Waals surface area contributed by atoms with Crippen molar-refractivity contribution in [1.82, 2.24) is 4.90 Å². The maximum absolute atomic E-state index is 14.5. The van der Waals surface area contributed by atoms with Crippen LogP contribution in [0.4, 0.5) is 0 Å². The molecule has 3 heterocycles. The lowest BCUT2D eigenvalue weighted by Crippen LogP contribution is -2.61. The Morgan fingerprint density at radius 2 is 1.55 bits per heavy atom. The molecule has 4 rings (SSSR count). The van der Waals surface area contributed by atoms with E-state index in [2.05, 4.69) is 13.8 Å². The molecule has 0 aromatic carbocycles. The number of allylic oxidation sites excluding steroid dienone is 6. The lowest BCUT2D eigenvalue weighted by Gasteiger charge is -2.43. The van der Waals surface area contributed by atoms with E-state index in [9.17, 15) is 34.5 Å². The van der Waals surface area contributed by atoms with Crippen LogP contribution in [0, 0.1) is 41.4 Å². The molecule has 13 heteroatoms. The van der Waals surface area contributed by atoms with Gasteiger partial charge in [-0.05, 0) is 125 Å². The quantitative estimate of drug-likeness (QED) is 0.138. The number of aliphatic hydroxyl groups excluding tert-OH is 2. The number of hydrogen-bond donors (Lipinski definition) is 3. The predicted molar refractivity (Wildman–Crippen MR) is 249 cm³/mol. The Kier molecular flexibility index (Phi) is 21.3. The zero-order valence-electron chi connectivity index (χ0n) is 41.3. The predicted octanol–water partition coefficient (Wildman–Crippen LogP) is 7.25. The highest BCUT2D eigenvalue weighted by molar-refractivity contribution is 6.39. The number of nitrogens with zero attached hydrogens (tertiary/aromatic N) is 1. The molecule has 16 atom stereocenters. The van der Waals surface area contributed by atoms with Crippen molar-refractivity contribution < 1.29 is 58.2 Å². The third-order valence-electron chi connectivity index (χ3n) is 15.1. The fourth-order valence-corrected chi connectivity index (χ4v) is 10.4. The summed E-state index contributed by atoms with van der Waals surface area (Å²) < 4.78 is 29.8. The second kappa shape index (κ2) is 25.4. The molecule has 0 aromatic heterocycles. The number of amides is 1. The van der Waals surface area contributed by atoms with Gasteiger partial charge in [0.2, 0.25) is 5.79 Å². The maximum atomic E-state index is 14.5. The topological polar surface area (TPSA) is 178 Å². The zero-order valence-corrected chi connectivity index (χ0v) is 41.3. The molecule has 2 saturated heterocycles. The number of hydrogen-bond acceptors (Lipinski definition) is 12. The van der Waals surface area contributed by atoms with E-state index in [0.29, 0.717) is 76.2 Å². The normalized spacial score (nSPS) is 41.5. The Morgan fingerprint density at radius 1 is 0.831 bits per heavy atom. The first kappa shape index (κ1) is 54.6. The molecule has 1 amide bonds. The van der Waals surface area contributed by atoms with Crippen molar-refractivity contribution in [2.75, 3.05) is 27.9 Å². The molecule has 3 aliphatic heterocycles. The SMILES string of the molecule is CO[C@H]1C[C@@H]2CC[C@@H](C)[C@@](O)(O2)C(=O)C(=O)N2CCCCC2C(=O)O[C@H]([C@H](C)CC2CC[C@@H](O)[C@H](OC)C2)CC(C)[C@H](C)/C=C(\C)[C@@H](O)[C@@H](OC)C(=O)[C@H](C)C[C@H](C)/C=C/C=C/C=C/1C. The molecule has 1 aliphatic carbocycles. The van der Waals surface area contributed by atoms with Gasteiger partial charge in [0.25, 0.3) is 11.7 Å². The van der Waals surface area contributed by atoms with Crippen molar-refractivity contribution in [2.24, 2.45) is 41.4 Å². The van der Waals surface area contributed by atoms with Crippen molar-refractivity contribution >= 4 is 23.4 Å². The van der Waals surface area contributed by atoms with Crippen molar-refractivity contribution in [1.29, 1.82) is 0 Å². The van der Waals surface area contributed by atoms with E-state index in [4.69, 9.17) is 23.7 Å². The average molecular weight is 914 g/mol. The molecule has 13 nitrogen and oxygen atoms in total. The van der Waals surface area contributed by atoms with E-state index in [1.54, 1.807) is 28.1 Å². The molecule has 65 heavy (non-hydrogen) atoms. The largest absolute Gasteiger partial charge is 0.461 e. The van der Waals surface area contributed by atoms with Gasteiger partial charge in [0.15, 0.2) is 5.78 Å². The standard InChI is InChI=1S/C52H83NO12/c1-31-17-13-12-14-18-32(2)43(61-9)30-40-22-20-38(8)52(60,65-40)49(57)50(58)53-24-16-15-19-41(53)51(59)64-44(35(5)27-39-21-23-42(54)45(29-39)62-10)28-34(4)33(3)26-37(7)47(56)48(63-11)46(55)36(6)25-31/h12-14,17-18,26,31,33-36,38-45,47-48,54,56,60H,15-16,19-25,27-30H2,1-11H3/b14-12+,17-13+,32-18+,37-26+/t31-,33-,34?,35-,36-,38-,39?,40+,41?,42-,43+,44+,45-,47-,48+,52-/m1/s1. The Bertz CT molecular complexity index is 1710. The number of esters is 1. The first-order chi connectivity index (χ1) is 30.7. The molecular formula is C52H83NO12.